The van der Waals surface area contributed by atoms with Gasteiger partial charge in [-0.2, -0.15) is 5.26 Å². The third-order valence-electron chi connectivity index (χ3n) is 2.55. The number of carbonyl (C=O) groups is 1. The maximum Gasteiger partial charge on any atom is 0.248 e. The van der Waals surface area contributed by atoms with E-state index in [1.54, 1.807) is 42.5 Å². The fourth-order valence-corrected chi connectivity index (χ4v) is 1.79. The summed E-state index contributed by atoms with van der Waals surface area (Å²) in [5, 5.41) is 12.3. The number of nitrogens with two attached hydrogens (primary N) is 1. The number of anilines is 2. The summed E-state index contributed by atoms with van der Waals surface area (Å²) in [5.41, 5.74) is 7.56. The number of carbonyl (C=O) groups excluding carboxylic acids is 1. The largest absolute Gasteiger partial charge is 0.366 e. The Morgan fingerprint density at radius 2 is 1.89 bits per heavy atom. The molecule has 2 aromatic rings. The van der Waals surface area contributed by atoms with Crippen LogP contribution in [-0.4, -0.2) is 5.91 Å². The molecule has 0 fully saturated rings. The van der Waals surface area contributed by atoms with E-state index in [2.05, 4.69) is 5.32 Å². The smallest absolute Gasteiger partial charge is 0.248 e. The van der Waals surface area contributed by atoms with Gasteiger partial charge in [0.1, 0.15) is 0 Å². The monoisotopic (exact) mass is 271 g/mol. The molecule has 0 saturated heterocycles. The van der Waals surface area contributed by atoms with Crippen LogP contribution in [0.15, 0.2) is 42.5 Å². The first-order valence-electron chi connectivity index (χ1n) is 5.46. The van der Waals surface area contributed by atoms with E-state index in [9.17, 15) is 4.79 Å². The second-order valence-electron chi connectivity index (χ2n) is 3.87. The van der Waals surface area contributed by atoms with Gasteiger partial charge in [0.2, 0.25) is 5.91 Å². The molecule has 0 heterocycles. The molecular weight excluding hydrogens is 262 g/mol. The highest BCUT2D eigenvalue weighted by Gasteiger charge is 2.03. The van der Waals surface area contributed by atoms with Gasteiger partial charge in [0, 0.05) is 11.3 Å². The molecule has 3 N–H and O–H groups in total. The fourth-order valence-electron chi connectivity index (χ4n) is 1.56. The minimum Gasteiger partial charge on any atom is -0.366 e. The Balaban J connectivity index is 2.22. The molecule has 0 unspecified atom stereocenters. The quantitative estimate of drug-likeness (QED) is 0.900. The zero-order valence-electron chi connectivity index (χ0n) is 9.85. The van der Waals surface area contributed by atoms with Crippen molar-refractivity contribution >= 4 is 28.9 Å². The molecule has 0 aliphatic carbocycles. The van der Waals surface area contributed by atoms with Gasteiger partial charge in [0.15, 0.2) is 0 Å². The third kappa shape index (κ3) is 3.03. The van der Waals surface area contributed by atoms with E-state index in [1.165, 1.54) is 0 Å². The molecule has 0 radical (unpaired) electrons. The second kappa shape index (κ2) is 5.42. The van der Waals surface area contributed by atoms with Gasteiger partial charge in [-0.1, -0.05) is 11.6 Å². The number of nitriles is 1. The first-order chi connectivity index (χ1) is 9.10. The number of hydrogen-bond donors (Lipinski definition) is 2. The molecule has 4 nitrogen and oxygen atoms in total. The Kier molecular flexibility index (Phi) is 3.69. The van der Waals surface area contributed by atoms with Crippen LogP contribution in [0, 0.1) is 11.3 Å². The van der Waals surface area contributed by atoms with Gasteiger partial charge < -0.3 is 11.1 Å². The van der Waals surface area contributed by atoms with E-state index in [4.69, 9.17) is 22.6 Å². The highest BCUT2D eigenvalue weighted by molar-refractivity contribution is 6.33. The summed E-state index contributed by atoms with van der Waals surface area (Å²) in [5.74, 6) is -0.469. The number of hydrogen-bond acceptors (Lipinski definition) is 3. The van der Waals surface area contributed by atoms with Crippen LogP contribution < -0.4 is 11.1 Å². The molecule has 2 aromatic carbocycles. The van der Waals surface area contributed by atoms with Gasteiger partial charge in [-0.25, -0.2) is 0 Å². The molecule has 0 aliphatic rings. The van der Waals surface area contributed by atoms with Crippen LogP contribution in [0.4, 0.5) is 11.4 Å². The Morgan fingerprint density at radius 3 is 2.42 bits per heavy atom. The number of amides is 1. The van der Waals surface area contributed by atoms with Crippen LogP contribution in [0.1, 0.15) is 15.9 Å². The molecule has 19 heavy (non-hydrogen) atoms. The summed E-state index contributed by atoms with van der Waals surface area (Å²) in [7, 11) is 0. The number of primary amides is 1. The summed E-state index contributed by atoms with van der Waals surface area (Å²) in [6, 6.07) is 13.7. The van der Waals surface area contributed by atoms with Crippen molar-refractivity contribution < 1.29 is 4.79 Å². The second-order valence-corrected chi connectivity index (χ2v) is 4.28. The normalized spacial score (nSPS) is 9.68. The van der Waals surface area contributed by atoms with E-state index >= 15 is 0 Å². The first kappa shape index (κ1) is 12.9. The predicted octanol–water partition coefficient (Wildman–Crippen LogP) is 3.05. The molecule has 0 aromatic heterocycles. The molecule has 1 amide bonds. The third-order valence-corrected chi connectivity index (χ3v) is 2.86. The standard InChI is InChI=1S/C14H10ClN3O/c15-12-7-9(8-16)1-6-13(12)18-11-4-2-10(3-5-11)14(17)19/h1-7,18H,(H2,17,19). The minimum atomic E-state index is -0.469. The molecular formula is C14H10ClN3O. The molecule has 0 bridgehead atoms. The maximum absolute atomic E-state index is 10.9. The lowest BCUT2D eigenvalue weighted by Crippen LogP contribution is -2.10. The van der Waals surface area contributed by atoms with Crippen LogP contribution in [0.5, 0.6) is 0 Å². The Labute approximate surface area is 115 Å². The van der Waals surface area contributed by atoms with Crippen LogP contribution in [-0.2, 0) is 0 Å². The molecule has 0 saturated carbocycles. The first-order valence-corrected chi connectivity index (χ1v) is 5.84. The highest BCUT2D eigenvalue weighted by Crippen LogP contribution is 2.26. The Bertz CT molecular complexity index is 659. The van der Waals surface area contributed by atoms with Gasteiger partial charge in [-0.05, 0) is 42.5 Å². The van der Waals surface area contributed by atoms with E-state index in [0.717, 1.165) is 5.69 Å². The van der Waals surface area contributed by atoms with Gasteiger partial charge >= 0.3 is 0 Å². The van der Waals surface area contributed by atoms with Crippen molar-refractivity contribution in [3.05, 3.63) is 58.6 Å². The average Bonchev–Trinajstić information content (AvgIpc) is 2.41. The summed E-state index contributed by atoms with van der Waals surface area (Å²) in [4.78, 5) is 10.9. The number of nitrogens with one attached hydrogen (secondary N) is 1. The maximum atomic E-state index is 10.9. The highest BCUT2D eigenvalue weighted by atomic mass is 35.5. The van der Waals surface area contributed by atoms with Crippen molar-refractivity contribution in [2.75, 3.05) is 5.32 Å². The number of rotatable bonds is 3. The van der Waals surface area contributed by atoms with Gasteiger partial charge in [-0.15, -0.1) is 0 Å². The van der Waals surface area contributed by atoms with Crippen molar-refractivity contribution in [1.29, 1.82) is 5.26 Å². The molecule has 2 rings (SSSR count). The number of benzene rings is 2. The van der Waals surface area contributed by atoms with Gasteiger partial charge in [-0.3, -0.25) is 4.79 Å². The minimum absolute atomic E-state index is 0.441. The van der Waals surface area contributed by atoms with Crippen LogP contribution in [0.2, 0.25) is 5.02 Å². The summed E-state index contributed by atoms with van der Waals surface area (Å²) >= 11 is 6.05. The van der Waals surface area contributed by atoms with Crippen LogP contribution >= 0.6 is 11.6 Å². The number of nitrogens with zero attached hydrogens (tertiary/aromatic N) is 1. The molecule has 0 spiro atoms. The zero-order valence-corrected chi connectivity index (χ0v) is 10.6. The summed E-state index contributed by atoms with van der Waals surface area (Å²) in [6.07, 6.45) is 0. The Hall–Kier alpha value is -2.51. The van der Waals surface area contributed by atoms with E-state index < -0.39 is 5.91 Å². The Morgan fingerprint density at radius 1 is 1.21 bits per heavy atom. The van der Waals surface area contributed by atoms with E-state index in [1.807, 2.05) is 6.07 Å². The lowest BCUT2D eigenvalue weighted by Gasteiger charge is -2.08. The van der Waals surface area contributed by atoms with Crippen molar-refractivity contribution in [2.45, 2.75) is 0 Å². The summed E-state index contributed by atoms with van der Waals surface area (Å²) < 4.78 is 0. The number of halogens is 1. The van der Waals surface area contributed by atoms with Crippen LogP contribution in [0.25, 0.3) is 0 Å². The summed E-state index contributed by atoms with van der Waals surface area (Å²) in [6.45, 7) is 0. The predicted molar refractivity (Wildman–Crippen MR) is 74.4 cm³/mol. The molecule has 0 aliphatic heterocycles. The molecule has 94 valence electrons. The molecule has 5 heteroatoms. The zero-order chi connectivity index (χ0) is 13.8. The van der Waals surface area contributed by atoms with Gasteiger partial charge in [0.05, 0.1) is 22.3 Å². The molecule has 0 atom stereocenters. The van der Waals surface area contributed by atoms with Crippen molar-refractivity contribution in [2.24, 2.45) is 5.73 Å². The van der Waals surface area contributed by atoms with E-state index in [-0.39, 0.29) is 0 Å². The topological polar surface area (TPSA) is 78.9 Å². The lowest BCUT2D eigenvalue weighted by molar-refractivity contribution is 0.100. The lowest BCUT2D eigenvalue weighted by atomic mass is 10.2. The van der Waals surface area contributed by atoms with Crippen molar-refractivity contribution in [1.82, 2.24) is 0 Å². The fraction of sp³-hybridized carbons (Fsp3) is 0. The SMILES string of the molecule is N#Cc1ccc(Nc2ccc(C(N)=O)cc2)c(Cl)c1. The average molecular weight is 272 g/mol. The van der Waals surface area contributed by atoms with Gasteiger partial charge in [0.25, 0.3) is 0 Å². The van der Waals surface area contributed by atoms with E-state index in [0.29, 0.717) is 21.8 Å². The van der Waals surface area contributed by atoms with Crippen LogP contribution in [0.3, 0.4) is 0 Å². The van der Waals surface area contributed by atoms with Crippen molar-refractivity contribution in [3.63, 3.8) is 0 Å². The van der Waals surface area contributed by atoms with Crippen molar-refractivity contribution in [3.8, 4) is 6.07 Å².